The van der Waals surface area contributed by atoms with Gasteiger partial charge in [0, 0.05) is 13.1 Å². The van der Waals surface area contributed by atoms with Gasteiger partial charge in [0.2, 0.25) is 0 Å². The first kappa shape index (κ1) is 22.7. The van der Waals surface area contributed by atoms with Crippen LogP contribution in [0, 0.1) is 5.41 Å². The Bertz CT molecular complexity index is 877. The number of amides is 2. The summed E-state index contributed by atoms with van der Waals surface area (Å²) in [6.45, 7) is 7.44. The standard InChI is InChI=1S/C25H32N2O4/c1-25(2,3)18-26-24(29)27-15-8-7-14-22(27)23(28)30-17-19-10-9-13-21(16-19)31-20-11-5-4-6-12-20/h4-6,9-13,16,22H,7-8,14-15,17-18H2,1-3H3,(H,26,29)/t22-/m0/s1. The number of para-hydroxylation sites is 1. The highest BCUT2D eigenvalue weighted by molar-refractivity contribution is 5.84. The van der Waals surface area contributed by atoms with Gasteiger partial charge >= 0.3 is 12.0 Å². The van der Waals surface area contributed by atoms with Gasteiger partial charge in [0.1, 0.15) is 24.1 Å². The molecule has 1 N–H and O–H groups in total. The molecule has 0 spiro atoms. The Morgan fingerprint density at radius 3 is 2.52 bits per heavy atom. The van der Waals surface area contributed by atoms with Crippen LogP contribution in [0.4, 0.5) is 4.79 Å². The molecule has 1 aliphatic heterocycles. The fraction of sp³-hybridized carbons (Fsp3) is 0.440. The van der Waals surface area contributed by atoms with Gasteiger partial charge in [-0.3, -0.25) is 0 Å². The molecular formula is C25H32N2O4. The van der Waals surface area contributed by atoms with E-state index in [2.05, 4.69) is 26.1 Å². The lowest BCUT2D eigenvalue weighted by Crippen LogP contribution is -2.53. The summed E-state index contributed by atoms with van der Waals surface area (Å²) in [5.74, 6) is 1.07. The van der Waals surface area contributed by atoms with Crippen LogP contribution in [0.2, 0.25) is 0 Å². The summed E-state index contributed by atoms with van der Waals surface area (Å²) in [4.78, 5) is 27.0. The molecule has 0 unspecified atom stereocenters. The van der Waals surface area contributed by atoms with E-state index in [-0.39, 0.29) is 24.0 Å². The van der Waals surface area contributed by atoms with E-state index in [1.165, 1.54) is 0 Å². The van der Waals surface area contributed by atoms with Crippen molar-refractivity contribution >= 4 is 12.0 Å². The molecule has 1 saturated heterocycles. The summed E-state index contributed by atoms with van der Waals surface area (Å²) in [6, 6.07) is 16.3. The SMILES string of the molecule is CC(C)(C)CNC(=O)N1CCCC[C@H]1C(=O)OCc1cccc(Oc2ccccc2)c1. The van der Waals surface area contributed by atoms with E-state index >= 15 is 0 Å². The van der Waals surface area contributed by atoms with Crippen molar-refractivity contribution in [3.63, 3.8) is 0 Å². The molecule has 6 heteroatoms. The van der Waals surface area contributed by atoms with Gasteiger partial charge in [-0.2, -0.15) is 0 Å². The minimum absolute atomic E-state index is 0.0196. The molecule has 0 aromatic heterocycles. The van der Waals surface area contributed by atoms with Crippen LogP contribution in [0.15, 0.2) is 54.6 Å². The quantitative estimate of drug-likeness (QED) is 0.653. The lowest BCUT2D eigenvalue weighted by atomic mass is 9.97. The van der Waals surface area contributed by atoms with Crippen LogP contribution in [0.5, 0.6) is 11.5 Å². The number of likely N-dealkylation sites (tertiary alicyclic amines) is 1. The Labute approximate surface area is 184 Å². The van der Waals surface area contributed by atoms with Crippen LogP contribution in [-0.2, 0) is 16.1 Å². The highest BCUT2D eigenvalue weighted by Crippen LogP contribution is 2.23. The Morgan fingerprint density at radius 1 is 1.03 bits per heavy atom. The van der Waals surface area contributed by atoms with Gasteiger partial charge in [-0.25, -0.2) is 9.59 Å². The molecular weight excluding hydrogens is 392 g/mol. The maximum Gasteiger partial charge on any atom is 0.329 e. The normalized spacial score (nSPS) is 16.5. The highest BCUT2D eigenvalue weighted by Gasteiger charge is 2.33. The zero-order valence-corrected chi connectivity index (χ0v) is 18.6. The fourth-order valence-electron chi connectivity index (χ4n) is 3.44. The minimum atomic E-state index is -0.544. The molecule has 0 radical (unpaired) electrons. The van der Waals surface area contributed by atoms with Crippen molar-refractivity contribution in [2.75, 3.05) is 13.1 Å². The molecule has 2 amide bonds. The number of piperidine rings is 1. The topological polar surface area (TPSA) is 67.9 Å². The van der Waals surface area contributed by atoms with Crippen LogP contribution in [0.3, 0.4) is 0 Å². The number of nitrogens with zero attached hydrogens (tertiary/aromatic N) is 1. The Hall–Kier alpha value is -3.02. The number of nitrogens with one attached hydrogen (secondary N) is 1. The van der Waals surface area contributed by atoms with Gasteiger partial charge < -0.3 is 19.7 Å². The van der Waals surface area contributed by atoms with Crippen LogP contribution < -0.4 is 10.1 Å². The third kappa shape index (κ3) is 7.02. The first-order chi connectivity index (χ1) is 14.8. The molecule has 1 atom stereocenters. The molecule has 31 heavy (non-hydrogen) atoms. The fourth-order valence-corrected chi connectivity index (χ4v) is 3.44. The molecule has 1 heterocycles. The van der Waals surface area contributed by atoms with Crippen molar-refractivity contribution in [1.29, 1.82) is 0 Å². The van der Waals surface area contributed by atoms with E-state index in [0.717, 1.165) is 24.2 Å². The summed E-state index contributed by atoms with van der Waals surface area (Å²) in [7, 11) is 0. The molecule has 166 valence electrons. The Balaban J connectivity index is 1.57. The summed E-state index contributed by atoms with van der Waals surface area (Å²) in [6.07, 6.45) is 2.42. The third-order valence-corrected chi connectivity index (χ3v) is 5.06. The van der Waals surface area contributed by atoms with Crippen molar-refractivity contribution in [3.05, 3.63) is 60.2 Å². The van der Waals surface area contributed by atoms with Gasteiger partial charge in [0.15, 0.2) is 0 Å². The molecule has 2 aromatic rings. The molecule has 0 bridgehead atoms. The number of rotatable bonds is 6. The molecule has 6 nitrogen and oxygen atoms in total. The number of hydrogen-bond acceptors (Lipinski definition) is 4. The zero-order chi connectivity index (χ0) is 22.3. The predicted octanol–water partition coefficient (Wildman–Crippen LogP) is 5.13. The monoisotopic (exact) mass is 424 g/mol. The van der Waals surface area contributed by atoms with Crippen LogP contribution >= 0.6 is 0 Å². The van der Waals surface area contributed by atoms with Crippen molar-refractivity contribution in [3.8, 4) is 11.5 Å². The second-order valence-corrected chi connectivity index (χ2v) is 9.09. The van der Waals surface area contributed by atoms with Gasteiger partial charge in [-0.05, 0) is 54.5 Å². The largest absolute Gasteiger partial charge is 0.459 e. The summed E-state index contributed by atoms with van der Waals surface area (Å²) in [5.41, 5.74) is 0.815. The maximum atomic E-state index is 12.8. The minimum Gasteiger partial charge on any atom is -0.459 e. The van der Waals surface area contributed by atoms with E-state index in [9.17, 15) is 9.59 Å². The van der Waals surface area contributed by atoms with Gasteiger partial charge in [-0.1, -0.05) is 51.1 Å². The van der Waals surface area contributed by atoms with Crippen molar-refractivity contribution in [2.24, 2.45) is 5.41 Å². The van der Waals surface area contributed by atoms with E-state index in [4.69, 9.17) is 9.47 Å². The molecule has 1 fully saturated rings. The first-order valence-corrected chi connectivity index (χ1v) is 10.8. The van der Waals surface area contributed by atoms with Crippen LogP contribution in [0.25, 0.3) is 0 Å². The van der Waals surface area contributed by atoms with E-state index < -0.39 is 6.04 Å². The first-order valence-electron chi connectivity index (χ1n) is 10.8. The van der Waals surface area contributed by atoms with Gasteiger partial charge in [0.25, 0.3) is 0 Å². The number of ether oxygens (including phenoxy) is 2. The zero-order valence-electron chi connectivity index (χ0n) is 18.6. The molecule has 0 saturated carbocycles. The number of carbonyl (C=O) groups is 2. The maximum absolute atomic E-state index is 12.8. The second-order valence-electron chi connectivity index (χ2n) is 9.09. The smallest absolute Gasteiger partial charge is 0.329 e. The van der Waals surface area contributed by atoms with E-state index in [1.807, 2.05) is 54.6 Å². The number of esters is 1. The molecule has 0 aliphatic carbocycles. The average Bonchev–Trinajstić information content (AvgIpc) is 2.76. The van der Waals surface area contributed by atoms with E-state index in [0.29, 0.717) is 25.3 Å². The van der Waals surface area contributed by atoms with Crippen LogP contribution in [-0.4, -0.2) is 36.0 Å². The summed E-state index contributed by atoms with van der Waals surface area (Å²) < 4.78 is 11.4. The number of hydrogen-bond donors (Lipinski definition) is 1. The molecule has 3 rings (SSSR count). The molecule has 1 aliphatic rings. The van der Waals surface area contributed by atoms with Gasteiger partial charge in [0.05, 0.1) is 0 Å². The van der Waals surface area contributed by atoms with Crippen LogP contribution in [0.1, 0.15) is 45.6 Å². The summed E-state index contributed by atoms with van der Waals surface area (Å²) in [5, 5.41) is 2.94. The Morgan fingerprint density at radius 2 is 1.77 bits per heavy atom. The van der Waals surface area contributed by atoms with Crippen molar-refractivity contribution < 1.29 is 19.1 Å². The number of carbonyl (C=O) groups excluding carboxylic acids is 2. The van der Waals surface area contributed by atoms with Crippen molar-refractivity contribution in [1.82, 2.24) is 10.2 Å². The van der Waals surface area contributed by atoms with E-state index in [1.54, 1.807) is 4.90 Å². The predicted molar refractivity (Wildman–Crippen MR) is 120 cm³/mol. The number of benzene rings is 2. The lowest BCUT2D eigenvalue weighted by molar-refractivity contribution is -0.151. The van der Waals surface area contributed by atoms with Gasteiger partial charge in [-0.15, -0.1) is 0 Å². The highest BCUT2D eigenvalue weighted by atomic mass is 16.5. The summed E-state index contributed by atoms with van der Waals surface area (Å²) >= 11 is 0. The molecule has 2 aromatic carbocycles. The number of urea groups is 1. The average molecular weight is 425 g/mol. The third-order valence-electron chi connectivity index (χ3n) is 5.06. The second kappa shape index (κ2) is 10.3. The Kier molecular flexibility index (Phi) is 7.55. The van der Waals surface area contributed by atoms with Crippen molar-refractivity contribution in [2.45, 2.75) is 52.7 Å². The lowest BCUT2D eigenvalue weighted by Gasteiger charge is -2.34.